The van der Waals surface area contributed by atoms with Gasteiger partial charge in [-0.2, -0.15) is 0 Å². The van der Waals surface area contributed by atoms with Crippen molar-refractivity contribution in [3.8, 4) is 0 Å². The zero-order valence-corrected chi connectivity index (χ0v) is 22.3. The fraction of sp³-hybridized carbons (Fsp3) is 0.848. The second kappa shape index (κ2) is 8.20. The molecule has 0 radical (unpaired) electrons. The maximum Gasteiger partial charge on any atom is 0.0441 e. The Kier molecular flexibility index (Phi) is 5.21. The first-order valence-corrected chi connectivity index (χ1v) is 16.0. The Labute approximate surface area is 219 Å². The molecule has 196 valence electrons. The molecular formula is C33H49N3. The normalized spacial score (nSPS) is 55.5. The summed E-state index contributed by atoms with van der Waals surface area (Å²) in [6, 6.07) is 0.537. The van der Waals surface area contributed by atoms with Crippen LogP contribution in [0.15, 0.2) is 23.9 Å². The van der Waals surface area contributed by atoms with Crippen molar-refractivity contribution < 1.29 is 0 Å². The van der Waals surface area contributed by atoms with Gasteiger partial charge in [-0.15, -0.1) is 0 Å². The van der Waals surface area contributed by atoms with Crippen LogP contribution in [-0.4, -0.2) is 17.8 Å². The Morgan fingerprint density at radius 3 is 2.53 bits per heavy atom. The minimum Gasteiger partial charge on any atom is -0.387 e. The zero-order chi connectivity index (χ0) is 24.1. The number of fused-ring (bicyclic) bond motifs is 2. The Balaban J connectivity index is 0.782. The molecule has 11 atom stereocenters. The Bertz CT molecular complexity index is 950. The lowest BCUT2D eigenvalue weighted by atomic mass is 9.68. The van der Waals surface area contributed by atoms with E-state index in [4.69, 9.17) is 11.1 Å². The van der Waals surface area contributed by atoms with E-state index in [0.717, 1.165) is 65.6 Å². The van der Waals surface area contributed by atoms with E-state index < -0.39 is 0 Å². The van der Waals surface area contributed by atoms with Crippen molar-refractivity contribution in [2.45, 2.75) is 108 Å². The van der Waals surface area contributed by atoms with Crippen molar-refractivity contribution in [1.29, 1.82) is 5.41 Å². The molecule has 8 unspecified atom stereocenters. The van der Waals surface area contributed by atoms with E-state index in [1.54, 1.807) is 6.21 Å². The van der Waals surface area contributed by atoms with Gasteiger partial charge in [0.25, 0.3) is 0 Å². The lowest BCUT2D eigenvalue weighted by Crippen LogP contribution is -2.48. The molecule has 8 aliphatic rings. The number of nitrogens with one attached hydrogen (secondary N) is 2. The number of hydrogen-bond acceptors (Lipinski definition) is 3. The summed E-state index contributed by atoms with van der Waals surface area (Å²) in [6.45, 7) is 0. The summed E-state index contributed by atoms with van der Waals surface area (Å²) in [5.74, 6) is 10.3. The fourth-order valence-electron chi connectivity index (χ4n) is 11.1. The van der Waals surface area contributed by atoms with Gasteiger partial charge < -0.3 is 16.5 Å². The van der Waals surface area contributed by atoms with Gasteiger partial charge >= 0.3 is 0 Å². The maximum absolute atomic E-state index is 7.18. The molecule has 0 saturated heterocycles. The van der Waals surface area contributed by atoms with Gasteiger partial charge in [0.2, 0.25) is 0 Å². The van der Waals surface area contributed by atoms with Crippen molar-refractivity contribution in [1.82, 2.24) is 5.32 Å². The second-order valence-corrected chi connectivity index (χ2v) is 14.8. The molecule has 3 heteroatoms. The fourth-order valence-corrected chi connectivity index (χ4v) is 11.1. The summed E-state index contributed by atoms with van der Waals surface area (Å²) < 4.78 is 0. The van der Waals surface area contributed by atoms with Gasteiger partial charge in [-0.1, -0.05) is 24.1 Å². The topological polar surface area (TPSA) is 61.9 Å². The molecule has 8 rings (SSSR count). The summed E-state index contributed by atoms with van der Waals surface area (Å²) in [5.41, 5.74) is 9.71. The molecule has 0 amide bonds. The van der Waals surface area contributed by atoms with E-state index in [9.17, 15) is 0 Å². The van der Waals surface area contributed by atoms with E-state index in [2.05, 4.69) is 23.7 Å². The lowest BCUT2D eigenvalue weighted by Gasteiger charge is -2.37. The number of rotatable bonds is 10. The number of hydrogen-bond donors (Lipinski definition) is 3. The molecule has 0 aromatic carbocycles. The van der Waals surface area contributed by atoms with Crippen molar-refractivity contribution in [3.05, 3.63) is 23.9 Å². The predicted molar refractivity (Wildman–Crippen MR) is 146 cm³/mol. The highest BCUT2D eigenvalue weighted by molar-refractivity contribution is 5.52. The van der Waals surface area contributed by atoms with Crippen LogP contribution in [-0.2, 0) is 0 Å². The minimum absolute atomic E-state index is 0.112. The highest BCUT2D eigenvalue weighted by Gasteiger charge is 2.87. The van der Waals surface area contributed by atoms with Crippen LogP contribution in [0.5, 0.6) is 0 Å². The molecule has 1 aliphatic heterocycles. The third-order valence-electron chi connectivity index (χ3n) is 13.5. The van der Waals surface area contributed by atoms with E-state index in [-0.39, 0.29) is 5.54 Å². The van der Waals surface area contributed by atoms with Crippen LogP contribution in [0.2, 0.25) is 0 Å². The van der Waals surface area contributed by atoms with Gasteiger partial charge in [-0.05, 0) is 167 Å². The first-order chi connectivity index (χ1) is 17.7. The molecule has 36 heavy (non-hydrogen) atoms. The quantitative estimate of drug-likeness (QED) is 0.179. The number of nitrogens with two attached hydrogens (primary N) is 1. The molecule has 4 N–H and O–H groups in total. The molecule has 6 fully saturated rings. The highest BCUT2D eigenvalue weighted by Crippen LogP contribution is 2.90. The van der Waals surface area contributed by atoms with Crippen LogP contribution in [0.25, 0.3) is 0 Å². The summed E-state index contributed by atoms with van der Waals surface area (Å²) >= 11 is 0. The molecular weight excluding hydrogens is 438 g/mol. The second-order valence-electron chi connectivity index (χ2n) is 14.8. The van der Waals surface area contributed by atoms with E-state index in [1.165, 1.54) is 89.9 Å². The number of allylic oxidation sites excluding steroid dienone is 3. The van der Waals surface area contributed by atoms with E-state index >= 15 is 0 Å². The molecule has 6 saturated carbocycles. The summed E-state index contributed by atoms with van der Waals surface area (Å²) in [7, 11) is 0. The van der Waals surface area contributed by atoms with Gasteiger partial charge in [0.15, 0.2) is 0 Å². The summed E-state index contributed by atoms with van der Waals surface area (Å²) in [6.07, 6.45) is 29.5. The molecule has 0 aromatic heterocycles. The summed E-state index contributed by atoms with van der Waals surface area (Å²) in [5, 5.41) is 10.8. The SMILES string of the molecule is N=CCCCCC1C2C(C3=CCC(C4CCC(C5[C@@H]6CC56[C@@H]5CC5(N)C5CCC=CN5)CC4)CC3)[C@@H]12. The third kappa shape index (κ3) is 3.43. The van der Waals surface area contributed by atoms with Crippen molar-refractivity contribution >= 4 is 6.21 Å². The monoisotopic (exact) mass is 487 g/mol. The van der Waals surface area contributed by atoms with Crippen molar-refractivity contribution in [3.63, 3.8) is 0 Å². The van der Waals surface area contributed by atoms with Crippen LogP contribution in [0, 0.1) is 70.0 Å². The van der Waals surface area contributed by atoms with Crippen LogP contribution < -0.4 is 11.1 Å². The average Bonchev–Trinajstić information content (AvgIpc) is 3.69. The first kappa shape index (κ1) is 22.9. The predicted octanol–water partition coefficient (Wildman–Crippen LogP) is 6.84. The molecule has 0 spiro atoms. The van der Waals surface area contributed by atoms with Crippen LogP contribution >= 0.6 is 0 Å². The average molecular weight is 488 g/mol. The van der Waals surface area contributed by atoms with E-state index in [0.29, 0.717) is 11.5 Å². The van der Waals surface area contributed by atoms with Gasteiger partial charge in [-0.3, -0.25) is 0 Å². The first-order valence-electron chi connectivity index (χ1n) is 16.0. The summed E-state index contributed by atoms with van der Waals surface area (Å²) in [4.78, 5) is 0. The van der Waals surface area contributed by atoms with Gasteiger partial charge in [-0.25, -0.2) is 0 Å². The number of unbranched alkanes of at least 4 members (excludes halogenated alkanes) is 2. The highest BCUT2D eigenvalue weighted by atomic mass is 15.1. The van der Waals surface area contributed by atoms with Crippen LogP contribution in [0.1, 0.15) is 96.3 Å². The Morgan fingerprint density at radius 2 is 1.83 bits per heavy atom. The van der Waals surface area contributed by atoms with Gasteiger partial charge in [0.1, 0.15) is 0 Å². The van der Waals surface area contributed by atoms with Crippen LogP contribution in [0.4, 0.5) is 0 Å². The Morgan fingerprint density at radius 1 is 1.00 bits per heavy atom. The largest absolute Gasteiger partial charge is 0.387 e. The van der Waals surface area contributed by atoms with Gasteiger partial charge in [0.05, 0.1) is 0 Å². The molecule has 0 bridgehead atoms. The minimum atomic E-state index is 0.112. The molecule has 1 heterocycles. The molecule has 7 aliphatic carbocycles. The van der Waals surface area contributed by atoms with Crippen molar-refractivity contribution in [2.24, 2.45) is 70.3 Å². The lowest BCUT2D eigenvalue weighted by molar-refractivity contribution is 0.153. The maximum atomic E-state index is 7.18. The van der Waals surface area contributed by atoms with Crippen molar-refractivity contribution in [2.75, 3.05) is 0 Å². The van der Waals surface area contributed by atoms with Crippen LogP contribution in [0.3, 0.4) is 0 Å². The van der Waals surface area contributed by atoms with Gasteiger partial charge in [0, 0.05) is 11.6 Å². The molecule has 3 nitrogen and oxygen atoms in total. The van der Waals surface area contributed by atoms with E-state index in [1.807, 2.05) is 5.57 Å². The zero-order valence-electron chi connectivity index (χ0n) is 22.3. The smallest absolute Gasteiger partial charge is 0.0441 e. The molecule has 0 aromatic rings. The third-order valence-corrected chi connectivity index (χ3v) is 13.5. The Hall–Kier alpha value is -1.09. The standard InChI is InChI=1S/C33H49N3/c34-16-4-1-2-6-24-29-28(30(24)29)22-12-8-20(9-13-22)21-10-14-23(15-11-21)31-25-18-32(25,31)26-19-33(26,35)27-7-3-5-17-36-27/h5,12,16-17,20-21,23-31,34,36H,1-4,6-11,13-15,18-19,35H2/t20?,21?,23?,24?,25-,26-,27?,28?,29+,30?,31?,32?,33?/m0/s1.